The Bertz CT molecular complexity index is 1360. The van der Waals surface area contributed by atoms with Gasteiger partial charge in [-0.05, 0) is 36.2 Å². The van der Waals surface area contributed by atoms with Gasteiger partial charge in [-0.1, -0.05) is 49.6 Å². The van der Waals surface area contributed by atoms with Crippen LogP contribution in [0.3, 0.4) is 0 Å². The van der Waals surface area contributed by atoms with Crippen molar-refractivity contribution in [2.75, 3.05) is 18.4 Å². The van der Waals surface area contributed by atoms with Gasteiger partial charge in [-0.15, -0.1) is 13.2 Å². The monoisotopic (exact) mass is 552 g/mol. The standard InChI is InChI=1S/C28H31F3N8O/c1-19-23(22-10-8-21(9-11-22)17-39(15-5-12-32)18-26-33-13-14-34-26)16-35-27(36-19)38-20(2)37-24-6-3-4-7-25(24)40-28(29,30)31/h3-4,6-11,13-14,16,37H,1-2,5,12,15,17-18,32H2,(H,33,34)(H2,35,36,38). The number of imidazole rings is 1. The molecule has 1 aliphatic rings. The number of ether oxygens (including phenoxy) is 1. The molecule has 0 saturated carbocycles. The average molecular weight is 553 g/mol. The molecule has 0 atom stereocenters. The Hall–Kier alpha value is -4.55. The summed E-state index contributed by atoms with van der Waals surface area (Å²) in [6.45, 7) is 10.8. The fourth-order valence-electron chi connectivity index (χ4n) is 4.06. The summed E-state index contributed by atoms with van der Waals surface area (Å²) in [5, 5.41) is 8.70. The second-order valence-electron chi connectivity index (χ2n) is 8.97. The minimum atomic E-state index is -4.82. The van der Waals surface area contributed by atoms with Gasteiger partial charge in [-0.3, -0.25) is 4.90 Å². The number of aromatic nitrogens is 2. The third-order valence-corrected chi connectivity index (χ3v) is 5.86. The van der Waals surface area contributed by atoms with E-state index in [-0.39, 0.29) is 17.3 Å². The van der Waals surface area contributed by atoms with Crippen LogP contribution < -0.4 is 26.4 Å². The lowest BCUT2D eigenvalue weighted by Gasteiger charge is -2.22. The number of nitrogens with one attached hydrogen (secondary N) is 4. The largest absolute Gasteiger partial charge is 0.573 e. The molecule has 6 N–H and O–H groups in total. The summed E-state index contributed by atoms with van der Waals surface area (Å²) < 4.78 is 42.2. The van der Waals surface area contributed by atoms with Crippen LogP contribution >= 0.6 is 0 Å². The number of alkyl halides is 3. The van der Waals surface area contributed by atoms with Crippen LogP contribution in [-0.2, 0) is 13.1 Å². The number of aliphatic imine (C=N–C) groups is 1. The van der Waals surface area contributed by atoms with Gasteiger partial charge in [0.15, 0.2) is 5.75 Å². The number of H-pyrrole nitrogens is 1. The summed E-state index contributed by atoms with van der Waals surface area (Å²) in [5.41, 5.74) is 9.19. The average Bonchev–Trinajstić information content (AvgIpc) is 3.41. The van der Waals surface area contributed by atoms with E-state index in [1.807, 2.05) is 18.3 Å². The van der Waals surface area contributed by atoms with Gasteiger partial charge in [0.05, 0.1) is 17.9 Å². The summed E-state index contributed by atoms with van der Waals surface area (Å²) in [6.07, 6.45) is 1.38. The van der Waals surface area contributed by atoms with Gasteiger partial charge in [0, 0.05) is 37.3 Å². The van der Waals surface area contributed by atoms with E-state index in [0.29, 0.717) is 24.7 Å². The first-order valence-corrected chi connectivity index (χ1v) is 12.5. The number of para-hydroxylation sites is 2. The predicted octanol–water partition coefficient (Wildman–Crippen LogP) is 4.65. The fraction of sp³-hybridized carbons (Fsp3) is 0.214. The molecule has 0 aliphatic carbocycles. The summed E-state index contributed by atoms with van der Waals surface area (Å²) in [6, 6.07) is 13.8. The van der Waals surface area contributed by atoms with Gasteiger partial charge in [-0.2, -0.15) is 0 Å². The zero-order chi connectivity index (χ0) is 28.5. The predicted molar refractivity (Wildman–Crippen MR) is 150 cm³/mol. The number of nitrogens with zero attached hydrogens (tertiary/aromatic N) is 3. The molecule has 1 aliphatic heterocycles. The van der Waals surface area contributed by atoms with Crippen LogP contribution in [-0.4, -0.2) is 40.3 Å². The van der Waals surface area contributed by atoms with E-state index in [1.54, 1.807) is 18.5 Å². The highest BCUT2D eigenvalue weighted by atomic mass is 19.4. The quantitative estimate of drug-likeness (QED) is 0.222. The lowest BCUT2D eigenvalue weighted by Crippen LogP contribution is -2.37. The maximum Gasteiger partial charge on any atom is 0.573 e. The number of aromatic amines is 1. The molecule has 4 rings (SSSR count). The Balaban J connectivity index is 1.34. The number of hydrogen-bond acceptors (Lipinski definition) is 8. The van der Waals surface area contributed by atoms with Crippen molar-refractivity contribution in [1.82, 2.24) is 25.5 Å². The number of benzene rings is 2. The van der Waals surface area contributed by atoms with E-state index in [9.17, 15) is 13.2 Å². The molecule has 0 unspecified atom stereocenters. The van der Waals surface area contributed by atoms with E-state index < -0.39 is 6.36 Å². The Labute approximate surface area is 230 Å². The minimum Gasteiger partial charge on any atom is -0.404 e. The smallest absolute Gasteiger partial charge is 0.404 e. The van der Waals surface area contributed by atoms with Crippen LogP contribution in [0.15, 0.2) is 96.8 Å². The highest BCUT2D eigenvalue weighted by molar-refractivity contribution is 5.92. The molecule has 40 heavy (non-hydrogen) atoms. The molecule has 1 aromatic heterocycles. The van der Waals surface area contributed by atoms with Crippen LogP contribution in [0.1, 0.15) is 23.4 Å². The Morgan fingerprint density at radius 1 is 1.07 bits per heavy atom. The van der Waals surface area contributed by atoms with Crippen LogP contribution in [0.25, 0.3) is 5.57 Å². The molecule has 2 aromatic carbocycles. The van der Waals surface area contributed by atoms with E-state index >= 15 is 0 Å². The topological polar surface area (TPSA) is 116 Å². The molecule has 3 aromatic rings. The van der Waals surface area contributed by atoms with Gasteiger partial charge < -0.3 is 31.4 Å². The fourth-order valence-corrected chi connectivity index (χ4v) is 4.06. The number of rotatable bonds is 12. The molecule has 12 heteroatoms. The van der Waals surface area contributed by atoms with Crippen molar-refractivity contribution in [2.45, 2.75) is 25.9 Å². The summed E-state index contributed by atoms with van der Waals surface area (Å²) >= 11 is 0. The molecule has 210 valence electrons. The number of hydrogen-bond donors (Lipinski definition) is 5. The SMILES string of the molecule is C=C(NC1=NC(=C)C(c2ccc(CN(CCCN)Cc3ncc[nH]3)cc2)=CN1)Nc1ccccc1OC(F)(F)F. The molecule has 0 amide bonds. The third kappa shape index (κ3) is 8.22. The van der Waals surface area contributed by atoms with Crippen molar-refractivity contribution >= 4 is 17.2 Å². The molecule has 2 heterocycles. The van der Waals surface area contributed by atoms with E-state index in [0.717, 1.165) is 42.0 Å². The van der Waals surface area contributed by atoms with Crippen LogP contribution in [0.5, 0.6) is 5.75 Å². The first-order valence-electron chi connectivity index (χ1n) is 12.5. The minimum absolute atomic E-state index is 0.0923. The lowest BCUT2D eigenvalue weighted by atomic mass is 10.0. The number of nitrogens with two attached hydrogens (primary N) is 1. The number of halogens is 3. The van der Waals surface area contributed by atoms with E-state index in [4.69, 9.17) is 5.73 Å². The first kappa shape index (κ1) is 28.5. The van der Waals surface area contributed by atoms with Gasteiger partial charge in [-0.25, -0.2) is 9.98 Å². The number of anilines is 1. The first-order chi connectivity index (χ1) is 19.2. The van der Waals surface area contributed by atoms with Crippen molar-refractivity contribution in [2.24, 2.45) is 10.7 Å². The van der Waals surface area contributed by atoms with E-state index in [1.165, 1.54) is 18.2 Å². The van der Waals surface area contributed by atoms with Crippen molar-refractivity contribution in [3.05, 3.63) is 109 Å². The summed E-state index contributed by atoms with van der Waals surface area (Å²) in [7, 11) is 0. The van der Waals surface area contributed by atoms with Crippen LogP contribution in [0, 0.1) is 0 Å². The molecule has 0 saturated heterocycles. The van der Waals surface area contributed by atoms with Crippen molar-refractivity contribution in [3.63, 3.8) is 0 Å². The zero-order valence-electron chi connectivity index (χ0n) is 21.8. The van der Waals surface area contributed by atoms with Crippen molar-refractivity contribution < 1.29 is 17.9 Å². The molecule has 0 spiro atoms. The molecular weight excluding hydrogens is 521 g/mol. The van der Waals surface area contributed by atoms with Gasteiger partial charge in [0.25, 0.3) is 0 Å². The van der Waals surface area contributed by atoms with Crippen LogP contribution in [0.4, 0.5) is 18.9 Å². The summed E-state index contributed by atoms with van der Waals surface area (Å²) in [5.74, 6) is 1.02. The van der Waals surface area contributed by atoms with E-state index in [2.05, 4.69) is 65.8 Å². The normalized spacial score (nSPS) is 13.4. The molecule has 9 nitrogen and oxygen atoms in total. The number of allylic oxidation sites excluding steroid dienone is 1. The second-order valence-corrected chi connectivity index (χ2v) is 8.97. The number of guanidine groups is 1. The van der Waals surface area contributed by atoms with Gasteiger partial charge >= 0.3 is 6.36 Å². The summed E-state index contributed by atoms with van der Waals surface area (Å²) in [4.78, 5) is 14.2. The van der Waals surface area contributed by atoms with Crippen molar-refractivity contribution in [3.8, 4) is 5.75 Å². The molecule has 0 bridgehead atoms. The van der Waals surface area contributed by atoms with Gasteiger partial charge in [0.1, 0.15) is 11.6 Å². The Morgan fingerprint density at radius 3 is 2.52 bits per heavy atom. The Morgan fingerprint density at radius 2 is 1.85 bits per heavy atom. The Kier molecular flexibility index (Phi) is 9.25. The lowest BCUT2D eigenvalue weighted by molar-refractivity contribution is -0.274. The highest BCUT2D eigenvalue weighted by Gasteiger charge is 2.32. The highest BCUT2D eigenvalue weighted by Crippen LogP contribution is 2.30. The molecular formula is C28H31F3N8O. The second kappa shape index (κ2) is 13.0. The third-order valence-electron chi connectivity index (χ3n) is 5.86. The van der Waals surface area contributed by atoms with Gasteiger partial charge in [0.2, 0.25) is 5.96 Å². The zero-order valence-corrected chi connectivity index (χ0v) is 21.8. The maximum absolute atomic E-state index is 12.7. The van der Waals surface area contributed by atoms with Crippen molar-refractivity contribution in [1.29, 1.82) is 0 Å². The maximum atomic E-state index is 12.7. The molecule has 0 radical (unpaired) electrons. The van der Waals surface area contributed by atoms with Crippen LogP contribution in [0.2, 0.25) is 0 Å². The molecule has 0 fully saturated rings.